The molecule has 0 saturated carbocycles. The summed E-state index contributed by atoms with van der Waals surface area (Å²) < 4.78 is 4.10. The topological polar surface area (TPSA) is 72.7 Å². The number of carbonyl (C=O) groups is 1. The molecule has 1 N–H and O–H groups in total. The Hall–Kier alpha value is -3.14. The van der Waals surface area contributed by atoms with Gasteiger partial charge in [-0.1, -0.05) is 79.0 Å². The van der Waals surface area contributed by atoms with E-state index in [9.17, 15) is 4.79 Å². The molecule has 2 aromatic heterocycles. The Morgan fingerprint density at radius 1 is 0.971 bits per heavy atom. The minimum atomic E-state index is -0.0964. The minimum Gasteiger partial charge on any atom is -0.325 e. The molecule has 5 rings (SSSR count). The number of benzene rings is 3. The van der Waals surface area contributed by atoms with Crippen LogP contribution in [0.15, 0.2) is 88.4 Å². The van der Waals surface area contributed by atoms with Gasteiger partial charge in [-0.25, -0.2) is 4.98 Å². The monoisotopic (exact) mass is 503 g/mol. The van der Waals surface area contributed by atoms with Gasteiger partial charge in [0.2, 0.25) is 5.91 Å². The molecule has 0 aliphatic rings. The van der Waals surface area contributed by atoms with Crippen LogP contribution in [0.4, 0.5) is 5.69 Å². The molecule has 0 radical (unpaired) electrons. The second-order valence-electron chi connectivity index (χ2n) is 7.28. The molecule has 0 atom stereocenters. The summed E-state index contributed by atoms with van der Waals surface area (Å²) in [7, 11) is 0. The van der Waals surface area contributed by atoms with Gasteiger partial charge >= 0.3 is 0 Å². The van der Waals surface area contributed by atoms with Crippen molar-refractivity contribution in [2.75, 3.05) is 16.8 Å². The molecule has 3 aromatic carbocycles. The number of nitrogens with zero attached hydrogens (tertiary/aromatic N) is 4. The van der Waals surface area contributed by atoms with Gasteiger partial charge in [0.15, 0.2) is 15.3 Å². The van der Waals surface area contributed by atoms with Crippen LogP contribution in [-0.2, 0) is 4.79 Å². The van der Waals surface area contributed by atoms with Crippen LogP contribution in [0.25, 0.3) is 27.3 Å². The number of amides is 1. The average Bonchev–Trinajstić information content (AvgIpc) is 3.47. The van der Waals surface area contributed by atoms with E-state index in [2.05, 4.69) is 27.4 Å². The van der Waals surface area contributed by atoms with Crippen LogP contribution in [0.5, 0.6) is 0 Å². The number of carbonyl (C=O) groups excluding carboxylic acids is 1. The summed E-state index contributed by atoms with van der Waals surface area (Å²) >= 11 is 4.74. The molecule has 0 spiro atoms. The lowest BCUT2D eigenvalue weighted by Gasteiger charge is -2.10. The molecule has 0 unspecified atom stereocenters. The van der Waals surface area contributed by atoms with Crippen LogP contribution in [0.1, 0.15) is 6.92 Å². The van der Waals surface area contributed by atoms with Gasteiger partial charge in [-0.3, -0.25) is 9.36 Å². The van der Waals surface area contributed by atoms with Gasteiger partial charge in [0.25, 0.3) is 0 Å². The number of aromatic nitrogens is 4. The second-order valence-corrected chi connectivity index (χ2v) is 10.8. The lowest BCUT2D eigenvalue weighted by molar-refractivity contribution is -0.113. The number of thioether (sulfide) groups is 2. The fourth-order valence-corrected chi connectivity index (χ4v) is 6.20. The largest absolute Gasteiger partial charge is 0.325 e. The van der Waals surface area contributed by atoms with Crippen LogP contribution in [0.2, 0.25) is 0 Å². The SMILES string of the molecule is CCSc1nc2ccc(NC(=O)CSc3nnc(-c4ccccc4)n3-c3ccccc3)cc2s1. The van der Waals surface area contributed by atoms with E-state index in [0.29, 0.717) is 5.16 Å². The number of nitrogens with one attached hydrogen (secondary N) is 1. The summed E-state index contributed by atoms with van der Waals surface area (Å²) in [6, 6.07) is 25.7. The van der Waals surface area contributed by atoms with Crippen molar-refractivity contribution in [2.45, 2.75) is 16.4 Å². The predicted molar refractivity (Wildman–Crippen MR) is 142 cm³/mol. The second kappa shape index (κ2) is 10.4. The van der Waals surface area contributed by atoms with Gasteiger partial charge in [-0.15, -0.1) is 21.5 Å². The highest BCUT2D eigenvalue weighted by Gasteiger charge is 2.17. The van der Waals surface area contributed by atoms with Gasteiger partial charge in [-0.2, -0.15) is 0 Å². The van der Waals surface area contributed by atoms with Crippen LogP contribution in [0.3, 0.4) is 0 Å². The normalized spacial score (nSPS) is 11.1. The number of anilines is 1. The third kappa shape index (κ3) is 5.01. The Balaban J connectivity index is 1.33. The molecule has 2 heterocycles. The van der Waals surface area contributed by atoms with E-state index in [0.717, 1.165) is 43.1 Å². The quantitative estimate of drug-likeness (QED) is 0.248. The summed E-state index contributed by atoms with van der Waals surface area (Å²) in [6.07, 6.45) is 0. The summed E-state index contributed by atoms with van der Waals surface area (Å²) in [5.74, 6) is 1.85. The number of para-hydroxylation sites is 1. The van der Waals surface area contributed by atoms with Crippen LogP contribution in [-0.4, -0.2) is 37.2 Å². The van der Waals surface area contributed by atoms with Gasteiger partial charge in [-0.05, 0) is 36.1 Å². The first-order valence-corrected chi connectivity index (χ1v) is 13.5. The first-order chi connectivity index (χ1) is 16.7. The van der Waals surface area contributed by atoms with Crippen molar-refractivity contribution in [2.24, 2.45) is 0 Å². The van der Waals surface area contributed by atoms with Crippen LogP contribution < -0.4 is 5.32 Å². The Morgan fingerprint density at radius 3 is 2.50 bits per heavy atom. The number of hydrogen-bond acceptors (Lipinski definition) is 7. The molecule has 34 heavy (non-hydrogen) atoms. The maximum absolute atomic E-state index is 12.7. The van der Waals surface area contributed by atoms with E-state index in [4.69, 9.17) is 0 Å². The molecule has 0 aliphatic carbocycles. The standard InChI is InChI=1S/C25H21N5OS3/c1-2-32-25-27-20-14-13-18(15-21(20)34-25)26-22(31)16-33-24-29-28-23(17-9-5-3-6-10-17)30(24)19-11-7-4-8-12-19/h3-15H,2,16H2,1H3,(H,26,31). The summed E-state index contributed by atoms with van der Waals surface area (Å²) in [5.41, 5.74) is 3.64. The van der Waals surface area contributed by atoms with Crippen molar-refractivity contribution in [3.8, 4) is 17.1 Å². The third-order valence-electron chi connectivity index (χ3n) is 4.93. The average molecular weight is 504 g/mol. The lowest BCUT2D eigenvalue weighted by atomic mass is 10.2. The lowest BCUT2D eigenvalue weighted by Crippen LogP contribution is -2.14. The van der Waals surface area contributed by atoms with Crippen LogP contribution >= 0.6 is 34.9 Å². The molecule has 5 aromatic rings. The van der Waals surface area contributed by atoms with E-state index in [-0.39, 0.29) is 11.7 Å². The molecule has 6 nitrogen and oxygen atoms in total. The van der Waals surface area contributed by atoms with E-state index in [1.807, 2.05) is 83.4 Å². The van der Waals surface area contributed by atoms with Crippen molar-refractivity contribution in [3.05, 3.63) is 78.9 Å². The zero-order valence-corrected chi connectivity index (χ0v) is 20.8. The van der Waals surface area contributed by atoms with Crippen molar-refractivity contribution >= 4 is 56.7 Å². The van der Waals surface area contributed by atoms with E-state index in [1.165, 1.54) is 11.8 Å². The molecule has 0 bridgehead atoms. The molecule has 0 aliphatic heterocycles. The Labute approximate surface area is 209 Å². The predicted octanol–water partition coefficient (Wildman–Crippen LogP) is 6.39. The molecule has 1 amide bonds. The molecular formula is C25H21N5OS3. The fraction of sp³-hybridized carbons (Fsp3) is 0.120. The number of thiazole rings is 1. The number of fused-ring (bicyclic) bond motifs is 1. The Kier molecular flexibility index (Phi) is 6.94. The number of hydrogen-bond donors (Lipinski definition) is 1. The van der Waals surface area contributed by atoms with Gasteiger partial charge in [0, 0.05) is 16.9 Å². The molecule has 9 heteroatoms. The Bertz CT molecular complexity index is 1420. The van der Waals surface area contributed by atoms with E-state index in [1.54, 1.807) is 23.1 Å². The van der Waals surface area contributed by atoms with Crippen molar-refractivity contribution in [1.82, 2.24) is 19.7 Å². The minimum absolute atomic E-state index is 0.0964. The fourth-order valence-electron chi connectivity index (χ4n) is 3.44. The highest BCUT2D eigenvalue weighted by molar-refractivity contribution is 8.01. The van der Waals surface area contributed by atoms with Crippen molar-refractivity contribution in [3.63, 3.8) is 0 Å². The smallest absolute Gasteiger partial charge is 0.234 e. The van der Waals surface area contributed by atoms with Gasteiger partial charge in [0.1, 0.15) is 0 Å². The van der Waals surface area contributed by atoms with E-state index < -0.39 is 0 Å². The molecule has 0 fully saturated rings. The van der Waals surface area contributed by atoms with Crippen molar-refractivity contribution in [1.29, 1.82) is 0 Å². The summed E-state index contributed by atoms with van der Waals surface area (Å²) in [6.45, 7) is 2.11. The van der Waals surface area contributed by atoms with E-state index >= 15 is 0 Å². The first-order valence-electron chi connectivity index (χ1n) is 10.7. The summed E-state index contributed by atoms with van der Waals surface area (Å²) in [4.78, 5) is 17.4. The third-order valence-corrected chi connectivity index (χ3v) is 7.90. The number of rotatable bonds is 8. The maximum atomic E-state index is 12.7. The van der Waals surface area contributed by atoms with Gasteiger partial charge in [0.05, 0.1) is 16.0 Å². The van der Waals surface area contributed by atoms with Crippen molar-refractivity contribution < 1.29 is 4.79 Å². The van der Waals surface area contributed by atoms with Crippen LogP contribution in [0, 0.1) is 0 Å². The highest BCUT2D eigenvalue weighted by atomic mass is 32.2. The Morgan fingerprint density at radius 2 is 1.74 bits per heavy atom. The summed E-state index contributed by atoms with van der Waals surface area (Å²) in [5, 5.41) is 12.5. The highest BCUT2D eigenvalue weighted by Crippen LogP contribution is 2.31. The maximum Gasteiger partial charge on any atom is 0.234 e. The molecule has 170 valence electrons. The molecular weight excluding hydrogens is 483 g/mol. The zero-order valence-electron chi connectivity index (χ0n) is 18.3. The first kappa shape index (κ1) is 22.6. The molecule has 0 saturated heterocycles. The zero-order chi connectivity index (χ0) is 23.3. The van der Waals surface area contributed by atoms with Gasteiger partial charge < -0.3 is 5.32 Å².